The van der Waals surface area contributed by atoms with E-state index in [1.54, 1.807) is 18.5 Å². The summed E-state index contributed by atoms with van der Waals surface area (Å²) in [4.78, 5) is 0.0737. The van der Waals surface area contributed by atoms with Crippen LogP contribution in [0.15, 0.2) is 29.2 Å². The topological polar surface area (TPSA) is 64.8 Å². The molecule has 18 heavy (non-hydrogen) atoms. The maximum absolute atomic E-state index is 12.7. The van der Waals surface area contributed by atoms with Crippen molar-refractivity contribution in [1.82, 2.24) is 14.8 Å². The zero-order valence-corrected chi connectivity index (χ0v) is 10.8. The summed E-state index contributed by atoms with van der Waals surface area (Å²) in [5.41, 5.74) is 0. The number of sulfone groups is 1. The van der Waals surface area contributed by atoms with Crippen molar-refractivity contribution in [2.45, 2.75) is 17.6 Å². The maximum atomic E-state index is 12.7. The quantitative estimate of drug-likeness (QED) is 0.786. The van der Waals surface area contributed by atoms with Crippen molar-refractivity contribution in [2.75, 3.05) is 0 Å². The van der Waals surface area contributed by atoms with Gasteiger partial charge in [0, 0.05) is 7.05 Å². The fourth-order valence-electron chi connectivity index (χ4n) is 1.47. The third-order valence-electron chi connectivity index (χ3n) is 2.67. The highest BCUT2D eigenvalue weighted by atomic mass is 32.2. The second-order valence-electron chi connectivity index (χ2n) is 3.94. The summed E-state index contributed by atoms with van der Waals surface area (Å²) >= 11 is 0. The summed E-state index contributed by atoms with van der Waals surface area (Å²) in [7, 11) is -1.83. The fraction of sp³-hybridized carbons (Fsp3) is 0.273. The van der Waals surface area contributed by atoms with Gasteiger partial charge in [0.05, 0.1) is 4.90 Å². The minimum atomic E-state index is -3.53. The van der Waals surface area contributed by atoms with Gasteiger partial charge in [-0.1, -0.05) is 0 Å². The van der Waals surface area contributed by atoms with Crippen LogP contribution < -0.4 is 0 Å². The molecule has 1 aromatic carbocycles. The van der Waals surface area contributed by atoms with E-state index in [1.807, 2.05) is 0 Å². The lowest BCUT2D eigenvalue weighted by Gasteiger charge is -2.04. The number of aromatic nitrogens is 3. The largest absolute Gasteiger partial charge is 0.317 e. The minimum absolute atomic E-state index is 0.0737. The lowest BCUT2D eigenvalue weighted by atomic mass is 10.4. The summed E-state index contributed by atoms with van der Waals surface area (Å²) in [6, 6.07) is 4.73. The molecule has 0 unspecified atom stereocenters. The summed E-state index contributed by atoms with van der Waals surface area (Å²) in [5.74, 6) is 0.273. The SMILES string of the molecule is Cc1nnc(CS(=O)(=O)c2ccc(F)cc2)n1C. The molecule has 0 saturated carbocycles. The van der Waals surface area contributed by atoms with E-state index in [-0.39, 0.29) is 10.6 Å². The zero-order valence-electron chi connectivity index (χ0n) is 9.96. The molecule has 0 bridgehead atoms. The fourth-order valence-corrected chi connectivity index (χ4v) is 2.78. The van der Waals surface area contributed by atoms with E-state index in [0.717, 1.165) is 12.1 Å². The van der Waals surface area contributed by atoms with E-state index in [1.165, 1.54) is 12.1 Å². The highest BCUT2D eigenvalue weighted by Gasteiger charge is 2.19. The predicted octanol–water partition coefficient (Wildman–Crippen LogP) is 1.24. The Balaban J connectivity index is 2.33. The second kappa shape index (κ2) is 4.49. The number of nitrogens with zero attached hydrogens (tertiary/aromatic N) is 3. The smallest absolute Gasteiger partial charge is 0.185 e. The van der Waals surface area contributed by atoms with Gasteiger partial charge in [-0.05, 0) is 31.2 Å². The first-order valence-corrected chi connectivity index (χ1v) is 6.88. The van der Waals surface area contributed by atoms with Crippen LogP contribution in [0.4, 0.5) is 4.39 Å². The Bertz CT molecular complexity index is 662. The van der Waals surface area contributed by atoms with Crippen molar-refractivity contribution >= 4 is 9.84 Å². The first-order chi connectivity index (χ1) is 8.40. The predicted molar refractivity (Wildman–Crippen MR) is 63.0 cm³/mol. The van der Waals surface area contributed by atoms with Gasteiger partial charge in [-0.3, -0.25) is 0 Å². The number of hydrogen-bond acceptors (Lipinski definition) is 4. The standard InChI is InChI=1S/C11H12FN3O2S/c1-8-13-14-11(15(8)2)7-18(16,17)10-5-3-9(12)4-6-10/h3-6H,7H2,1-2H3. The van der Waals surface area contributed by atoms with Crippen LogP contribution in [-0.4, -0.2) is 23.2 Å². The Labute approximate surface area is 104 Å². The van der Waals surface area contributed by atoms with Gasteiger partial charge in [0.1, 0.15) is 23.2 Å². The lowest BCUT2D eigenvalue weighted by Crippen LogP contribution is -2.09. The van der Waals surface area contributed by atoms with E-state index in [4.69, 9.17) is 0 Å². The maximum Gasteiger partial charge on any atom is 0.185 e. The molecule has 0 fully saturated rings. The van der Waals surface area contributed by atoms with Gasteiger partial charge in [-0.25, -0.2) is 12.8 Å². The van der Waals surface area contributed by atoms with Crippen LogP contribution in [-0.2, 0) is 22.6 Å². The van der Waals surface area contributed by atoms with Crippen LogP contribution in [0.5, 0.6) is 0 Å². The monoisotopic (exact) mass is 269 g/mol. The van der Waals surface area contributed by atoms with Crippen molar-refractivity contribution in [1.29, 1.82) is 0 Å². The van der Waals surface area contributed by atoms with Crippen molar-refractivity contribution in [3.63, 3.8) is 0 Å². The van der Waals surface area contributed by atoms with Gasteiger partial charge >= 0.3 is 0 Å². The molecular formula is C11H12FN3O2S. The highest BCUT2D eigenvalue weighted by Crippen LogP contribution is 2.15. The Morgan fingerprint density at radius 2 is 1.83 bits per heavy atom. The van der Waals surface area contributed by atoms with Crippen LogP contribution >= 0.6 is 0 Å². The molecule has 7 heteroatoms. The molecule has 0 spiro atoms. The molecule has 1 aromatic heterocycles. The molecule has 5 nitrogen and oxygen atoms in total. The molecule has 0 aliphatic heterocycles. The minimum Gasteiger partial charge on any atom is -0.317 e. The molecule has 2 aromatic rings. The van der Waals surface area contributed by atoms with E-state index in [0.29, 0.717) is 11.6 Å². The Morgan fingerprint density at radius 1 is 1.22 bits per heavy atom. The molecule has 2 rings (SSSR count). The lowest BCUT2D eigenvalue weighted by molar-refractivity contribution is 0.591. The van der Waals surface area contributed by atoms with Gasteiger partial charge < -0.3 is 4.57 Å². The first kappa shape index (κ1) is 12.7. The molecule has 0 radical (unpaired) electrons. The second-order valence-corrected chi connectivity index (χ2v) is 5.93. The van der Waals surface area contributed by atoms with Crippen LogP contribution in [0.25, 0.3) is 0 Å². The third kappa shape index (κ3) is 2.40. The van der Waals surface area contributed by atoms with E-state index in [9.17, 15) is 12.8 Å². The van der Waals surface area contributed by atoms with E-state index in [2.05, 4.69) is 10.2 Å². The zero-order chi connectivity index (χ0) is 13.3. The van der Waals surface area contributed by atoms with Crippen molar-refractivity contribution < 1.29 is 12.8 Å². The molecule has 1 heterocycles. The molecule has 0 aliphatic carbocycles. The summed E-state index contributed by atoms with van der Waals surface area (Å²) in [5, 5.41) is 7.60. The first-order valence-electron chi connectivity index (χ1n) is 5.23. The van der Waals surface area contributed by atoms with Crippen molar-refractivity contribution in [2.24, 2.45) is 7.05 Å². The van der Waals surface area contributed by atoms with Crippen LogP contribution in [0, 0.1) is 12.7 Å². The highest BCUT2D eigenvalue weighted by molar-refractivity contribution is 7.90. The van der Waals surface area contributed by atoms with Gasteiger partial charge in [-0.2, -0.15) is 0 Å². The Morgan fingerprint density at radius 3 is 2.33 bits per heavy atom. The molecule has 0 amide bonds. The molecule has 0 atom stereocenters. The number of halogens is 1. The number of hydrogen-bond donors (Lipinski definition) is 0. The van der Waals surface area contributed by atoms with Gasteiger partial charge in [0.2, 0.25) is 0 Å². The van der Waals surface area contributed by atoms with Gasteiger partial charge in [0.15, 0.2) is 9.84 Å². The Hall–Kier alpha value is -1.76. The average Bonchev–Trinajstić information content (AvgIpc) is 2.61. The molecule has 0 aliphatic rings. The summed E-state index contributed by atoms with van der Waals surface area (Å²) < 4.78 is 38.5. The molecule has 96 valence electrons. The third-order valence-corrected chi connectivity index (χ3v) is 4.30. The van der Waals surface area contributed by atoms with E-state index >= 15 is 0 Å². The number of aryl methyl sites for hydroxylation is 1. The average molecular weight is 269 g/mol. The molecule has 0 saturated heterocycles. The van der Waals surface area contributed by atoms with E-state index < -0.39 is 15.7 Å². The summed E-state index contributed by atoms with van der Waals surface area (Å²) in [6.07, 6.45) is 0. The molecule has 0 N–H and O–H groups in total. The van der Waals surface area contributed by atoms with Gasteiger partial charge in [0.25, 0.3) is 0 Å². The van der Waals surface area contributed by atoms with Crippen LogP contribution in [0.1, 0.15) is 11.6 Å². The summed E-state index contributed by atoms with van der Waals surface area (Å²) in [6.45, 7) is 1.74. The number of rotatable bonds is 3. The van der Waals surface area contributed by atoms with Gasteiger partial charge in [-0.15, -0.1) is 10.2 Å². The number of benzene rings is 1. The van der Waals surface area contributed by atoms with Crippen LogP contribution in [0.3, 0.4) is 0 Å². The normalized spacial score (nSPS) is 11.7. The van der Waals surface area contributed by atoms with Crippen LogP contribution in [0.2, 0.25) is 0 Å². The molecular weight excluding hydrogens is 257 g/mol. The van der Waals surface area contributed by atoms with Crippen molar-refractivity contribution in [3.8, 4) is 0 Å². The Kier molecular flexibility index (Phi) is 3.16. The van der Waals surface area contributed by atoms with Crippen molar-refractivity contribution in [3.05, 3.63) is 41.7 Å².